The van der Waals surface area contributed by atoms with Crippen molar-refractivity contribution in [2.45, 2.75) is 70.9 Å². The van der Waals surface area contributed by atoms with Crippen LogP contribution in [0.4, 0.5) is 26.3 Å². The van der Waals surface area contributed by atoms with Crippen LogP contribution in [-0.2, 0) is 25.2 Å². The van der Waals surface area contributed by atoms with E-state index < -0.39 is 42.3 Å². The number of aliphatic hydroxyl groups excluding tert-OH is 2. The van der Waals surface area contributed by atoms with Gasteiger partial charge in [0.25, 0.3) is 0 Å². The van der Waals surface area contributed by atoms with E-state index in [0.29, 0.717) is 18.9 Å². The predicted octanol–water partition coefficient (Wildman–Crippen LogP) is 6.67. The molecule has 212 valence electrons. The Morgan fingerprint density at radius 2 is 1.46 bits per heavy atom. The Labute approximate surface area is 222 Å². The molecule has 0 spiro atoms. The molecule has 4 nitrogen and oxygen atoms in total. The Morgan fingerprint density at radius 1 is 0.821 bits per heavy atom. The number of alkyl halides is 6. The van der Waals surface area contributed by atoms with E-state index in [2.05, 4.69) is 0 Å². The molecule has 2 unspecified atom stereocenters. The Bertz CT molecular complexity index is 1320. The molecule has 0 aliphatic rings. The van der Waals surface area contributed by atoms with Crippen LogP contribution >= 0.6 is 0 Å². The number of benzene rings is 3. The summed E-state index contributed by atoms with van der Waals surface area (Å²) in [6.07, 6.45) is -11.6. The van der Waals surface area contributed by atoms with E-state index in [0.717, 1.165) is 40.5 Å². The zero-order valence-corrected chi connectivity index (χ0v) is 21.8. The number of rotatable bonds is 9. The highest BCUT2D eigenvalue weighted by molar-refractivity contribution is 5.71. The fourth-order valence-electron chi connectivity index (χ4n) is 4.84. The predicted molar refractivity (Wildman–Crippen MR) is 134 cm³/mol. The minimum Gasteiger partial charge on any atom is -0.479 e. The zero-order chi connectivity index (χ0) is 29.4. The number of hydrogen-bond donors (Lipinski definition) is 3. The smallest absolute Gasteiger partial charge is 0.435 e. The summed E-state index contributed by atoms with van der Waals surface area (Å²) in [4.78, 5) is 0. The van der Waals surface area contributed by atoms with Gasteiger partial charge >= 0.3 is 18.0 Å². The summed E-state index contributed by atoms with van der Waals surface area (Å²) in [6.45, 7) is 4.83. The fourth-order valence-corrected chi connectivity index (χ4v) is 4.84. The molecule has 39 heavy (non-hydrogen) atoms. The van der Waals surface area contributed by atoms with Crippen molar-refractivity contribution in [3.63, 3.8) is 0 Å². The van der Waals surface area contributed by atoms with Crippen molar-refractivity contribution in [1.82, 2.24) is 0 Å². The SMILES string of the molecule is CCc1c(-c2cccc(OC(C)(c3ccc(CO)c(CO)c3)C(F)(C(O)(F)F)C(F)(F)F)c2)ccc(C)c1C. The van der Waals surface area contributed by atoms with Crippen molar-refractivity contribution in [2.75, 3.05) is 0 Å². The third-order valence-electron chi connectivity index (χ3n) is 7.25. The number of hydrogen-bond acceptors (Lipinski definition) is 4. The van der Waals surface area contributed by atoms with Crippen LogP contribution in [0.15, 0.2) is 54.6 Å². The van der Waals surface area contributed by atoms with Gasteiger partial charge in [0.1, 0.15) is 5.75 Å². The van der Waals surface area contributed by atoms with Crippen LogP contribution in [0.1, 0.15) is 47.2 Å². The van der Waals surface area contributed by atoms with Crippen molar-refractivity contribution in [3.8, 4) is 16.9 Å². The topological polar surface area (TPSA) is 69.9 Å². The van der Waals surface area contributed by atoms with E-state index >= 15 is 4.39 Å². The molecule has 0 saturated heterocycles. The molecule has 2 atom stereocenters. The lowest BCUT2D eigenvalue weighted by Crippen LogP contribution is -2.68. The lowest BCUT2D eigenvalue weighted by atomic mass is 9.77. The molecule has 0 aromatic heterocycles. The second kappa shape index (κ2) is 10.8. The van der Waals surface area contributed by atoms with Crippen LogP contribution in [0.25, 0.3) is 11.1 Å². The Balaban J connectivity index is 2.28. The van der Waals surface area contributed by atoms with Gasteiger partial charge in [-0.05, 0) is 89.9 Å². The first-order valence-corrected chi connectivity index (χ1v) is 12.1. The minimum atomic E-state index is -6.31. The molecule has 3 N–H and O–H groups in total. The maximum Gasteiger partial charge on any atom is 0.435 e. The van der Waals surface area contributed by atoms with Crippen molar-refractivity contribution in [2.24, 2.45) is 0 Å². The molecule has 0 saturated carbocycles. The van der Waals surface area contributed by atoms with E-state index in [-0.39, 0.29) is 16.9 Å². The number of ether oxygens (including phenoxy) is 1. The van der Waals surface area contributed by atoms with Crippen LogP contribution in [0.3, 0.4) is 0 Å². The summed E-state index contributed by atoms with van der Waals surface area (Å²) in [5, 5.41) is 28.4. The third-order valence-corrected chi connectivity index (χ3v) is 7.25. The van der Waals surface area contributed by atoms with Crippen molar-refractivity contribution in [3.05, 3.63) is 88.0 Å². The molecule has 0 radical (unpaired) electrons. The largest absolute Gasteiger partial charge is 0.479 e. The molecule has 3 rings (SSSR count). The molecule has 0 bridgehead atoms. The summed E-state index contributed by atoms with van der Waals surface area (Å²) in [7, 11) is 0. The Morgan fingerprint density at radius 3 is 2.00 bits per heavy atom. The van der Waals surface area contributed by atoms with Crippen molar-refractivity contribution >= 4 is 0 Å². The fraction of sp³-hybridized carbons (Fsp3) is 0.379. The van der Waals surface area contributed by atoms with Gasteiger partial charge in [-0.2, -0.15) is 22.0 Å². The summed E-state index contributed by atoms with van der Waals surface area (Å²) >= 11 is 0. The van der Waals surface area contributed by atoms with E-state index in [1.54, 1.807) is 6.07 Å². The lowest BCUT2D eigenvalue weighted by Gasteiger charge is -2.45. The number of aliphatic hydroxyl groups is 3. The molecule has 3 aromatic carbocycles. The van der Waals surface area contributed by atoms with Crippen LogP contribution in [0.5, 0.6) is 5.75 Å². The highest BCUT2D eigenvalue weighted by atomic mass is 19.4. The normalized spacial score (nSPS) is 15.5. The van der Waals surface area contributed by atoms with Gasteiger partial charge in [-0.25, -0.2) is 4.39 Å². The molecule has 0 amide bonds. The van der Waals surface area contributed by atoms with Crippen LogP contribution in [-0.4, -0.2) is 33.3 Å². The maximum atomic E-state index is 15.9. The molecule has 0 aliphatic heterocycles. The summed E-state index contributed by atoms with van der Waals surface area (Å²) in [6, 6.07) is 12.0. The van der Waals surface area contributed by atoms with Gasteiger partial charge in [-0.1, -0.05) is 43.3 Å². The van der Waals surface area contributed by atoms with Gasteiger partial charge in [-0.3, -0.25) is 0 Å². The van der Waals surface area contributed by atoms with Gasteiger partial charge in [0.2, 0.25) is 0 Å². The number of aryl methyl sites for hydroxylation is 1. The van der Waals surface area contributed by atoms with E-state index in [9.17, 15) is 37.3 Å². The molecule has 0 heterocycles. The van der Waals surface area contributed by atoms with Gasteiger partial charge in [-0.15, -0.1) is 0 Å². The van der Waals surface area contributed by atoms with E-state index in [1.165, 1.54) is 18.2 Å². The second-order valence-electron chi connectivity index (χ2n) is 9.55. The average Bonchev–Trinajstić information content (AvgIpc) is 2.87. The van der Waals surface area contributed by atoms with Crippen LogP contribution in [0.2, 0.25) is 0 Å². The maximum absolute atomic E-state index is 15.9. The van der Waals surface area contributed by atoms with Gasteiger partial charge in [0.15, 0.2) is 5.60 Å². The quantitative estimate of drug-likeness (QED) is 0.258. The first kappa shape index (κ1) is 30.5. The van der Waals surface area contributed by atoms with E-state index in [1.807, 2.05) is 32.9 Å². The summed E-state index contributed by atoms with van der Waals surface area (Å²) in [5.41, 5.74) is -5.77. The lowest BCUT2D eigenvalue weighted by molar-refractivity contribution is -0.405. The van der Waals surface area contributed by atoms with Gasteiger partial charge in [0.05, 0.1) is 13.2 Å². The molecule has 10 heteroatoms. The second-order valence-corrected chi connectivity index (χ2v) is 9.55. The average molecular weight is 557 g/mol. The van der Waals surface area contributed by atoms with Crippen molar-refractivity contribution < 1.29 is 46.4 Å². The molecular weight excluding hydrogens is 526 g/mol. The molecule has 0 fully saturated rings. The highest BCUT2D eigenvalue weighted by Gasteiger charge is 2.81. The van der Waals surface area contributed by atoms with E-state index in [4.69, 9.17) is 4.74 Å². The van der Waals surface area contributed by atoms with Gasteiger partial charge in [0, 0.05) is 0 Å². The minimum absolute atomic E-state index is 0.0830. The third kappa shape index (κ3) is 5.25. The Kier molecular flexibility index (Phi) is 8.46. The zero-order valence-electron chi connectivity index (χ0n) is 21.8. The summed E-state index contributed by atoms with van der Waals surface area (Å²) < 4.78 is 92.5. The summed E-state index contributed by atoms with van der Waals surface area (Å²) in [5.74, 6) is -0.373. The Hall–Kier alpha value is -3.08. The standard InChI is InChI=1S/C29H30F6O4/c1-5-24-18(3)17(2)9-12-25(24)19-7-6-8-23(14-19)39-26(4,27(30,28(31,32)33)29(34,35)38)22-11-10-20(15-36)21(13-22)16-37/h6-14,36-38H,5,15-16H2,1-4H3. The monoisotopic (exact) mass is 556 g/mol. The first-order chi connectivity index (χ1) is 18.1. The molecule has 0 aliphatic carbocycles. The van der Waals surface area contributed by atoms with Crippen molar-refractivity contribution in [1.29, 1.82) is 0 Å². The molecule has 3 aromatic rings. The van der Waals surface area contributed by atoms with Crippen LogP contribution < -0.4 is 4.74 Å². The van der Waals surface area contributed by atoms with Crippen LogP contribution in [0, 0.1) is 13.8 Å². The molecular formula is C29H30F6O4. The number of halogens is 6. The first-order valence-electron chi connectivity index (χ1n) is 12.1. The van der Waals surface area contributed by atoms with Gasteiger partial charge < -0.3 is 20.1 Å². The highest BCUT2D eigenvalue weighted by Crippen LogP contribution is 2.56.